The molecule has 6 heteroatoms. The predicted molar refractivity (Wildman–Crippen MR) is 50.0 cm³/mol. The van der Waals surface area contributed by atoms with Crippen molar-refractivity contribution < 1.29 is 13.2 Å². The highest BCUT2D eigenvalue weighted by atomic mass is 35.5. The SMILES string of the molecule is CC.Nc1ccc(C(F)(F)F)c(Cl)n1. The third kappa shape index (κ3) is 3.41. The predicted octanol–water partition coefficient (Wildman–Crippen LogP) is 3.36. The third-order valence-electron chi connectivity index (χ3n) is 1.18. The van der Waals surface area contributed by atoms with Crippen molar-refractivity contribution in [2.45, 2.75) is 20.0 Å². The Hall–Kier alpha value is -0.970. The minimum atomic E-state index is -4.47. The summed E-state index contributed by atoms with van der Waals surface area (Å²) in [7, 11) is 0. The van der Waals surface area contributed by atoms with Crippen LogP contribution < -0.4 is 5.73 Å². The fraction of sp³-hybridized carbons (Fsp3) is 0.375. The Bertz CT molecular complexity index is 299. The van der Waals surface area contributed by atoms with Crippen molar-refractivity contribution in [1.29, 1.82) is 0 Å². The molecule has 0 fully saturated rings. The van der Waals surface area contributed by atoms with Crippen molar-refractivity contribution >= 4 is 17.4 Å². The molecule has 0 aromatic carbocycles. The van der Waals surface area contributed by atoms with E-state index >= 15 is 0 Å². The van der Waals surface area contributed by atoms with Gasteiger partial charge in [0.1, 0.15) is 11.0 Å². The third-order valence-corrected chi connectivity index (χ3v) is 1.46. The first-order valence-corrected chi connectivity index (χ1v) is 4.28. The van der Waals surface area contributed by atoms with E-state index in [0.717, 1.165) is 12.1 Å². The monoisotopic (exact) mass is 226 g/mol. The highest BCUT2D eigenvalue weighted by Gasteiger charge is 2.33. The molecular formula is C8H10ClF3N2. The molecule has 14 heavy (non-hydrogen) atoms. The van der Waals surface area contributed by atoms with Gasteiger partial charge in [0.05, 0.1) is 5.56 Å². The molecule has 0 bridgehead atoms. The van der Waals surface area contributed by atoms with E-state index in [1.807, 2.05) is 13.8 Å². The van der Waals surface area contributed by atoms with Gasteiger partial charge in [0.25, 0.3) is 0 Å². The first-order valence-electron chi connectivity index (χ1n) is 3.90. The summed E-state index contributed by atoms with van der Waals surface area (Å²) in [4.78, 5) is 3.26. The highest BCUT2D eigenvalue weighted by Crippen LogP contribution is 2.33. The van der Waals surface area contributed by atoms with Gasteiger partial charge in [0.2, 0.25) is 0 Å². The van der Waals surface area contributed by atoms with E-state index in [-0.39, 0.29) is 5.82 Å². The number of rotatable bonds is 0. The highest BCUT2D eigenvalue weighted by molar-refractivity contribution is 6.30. The first kappa shape index (κ1) is 13.0. The molecule has 1 heterocycles. The lowest BCUT2D eigenvalue weighted by atomic mass is 10.3. The molecule has 0 radical (unpaired) electrons. The quantitative estimate of drug-likeness (QED) is 0.689. The number of nitrogen functional groups attached to an aromatic ring is 1. The lowest BCUT2D eigenvalue weighted by Gasteiger charge is -2.07. The maximum atomic E-state index is 12.0. The molecule has 0 saturated carbocycles. The zero-order valence-corrected chi connectivity index (χ0v) is 8.45. The molecule has 1 rings (SSSR count). The van der Waals surface area contributed by atoms with Crippen LogP contribution in [0.2, 0.25) is 5.15 Å². The van der Waals surface area contributed by atoms with Crippen molar-refractivity contribution in [3.05, 3.63) is 22.8 Å². The number of aromatic nitrogens is 1. The maximum absolute atomic E-state index is 12.0. The molecule has 2 N–H and O–H groups in total. The van der Waals surface area contributed by atoms with E-state index in [1.165, 1.54) is 0 Å². The second-order valence-corrected chi connectivity index (χ2v) is 2.43. The Labute approximate surface area is 84.9 Å². The van der Waals surface area contributed by atoms with Crippen molar-refractivity contribution in [1.82, 2.24) is 4.98 Å². The normalized spacial score (nSPS) is 10.4. The van der Waals surface area contributed by atoms with Gasteiger partial charge in [0, 0.05) is 0 Å². The van der Waals surface area contributed by atoms with Crippen LogP contribution in [0, 0.1) is 0 Å². The number of hydrogen-bond acceptors (Lipinski definition) is 2. The molecule has 0 unspecified atom stereocenters. The second kappa shape index (κ2) is 5.05. The summed E-state index contributed by atoms with van der Waals surface area (Å²) in [6.45, 7) is 4.00. The van der Waals surface area contributed by atoms with E-state index in [4.69, 9.17) is 17.3 Å². The zero-order chi connectivity index (χ0) is 11.4. The van der Waals surface area contributed by atoms with Crippen LogP contribution in [0.3, 0.4) is 0 Å². The summed E-state index contributed by atoms with van der Waals surface area (Å²) in [5.41, 5.74) is 4.13. The van der Waals surface area contributed by atoms with Crippen LogP contribution in [-0.2, 0) is 6.18 Å². The van der Waals surface area contributed by atoms with Crippen molar-refractivity contribution in [2.24, 2.45) is 0 Å². The summed E-state index contributed by atoms with van der Waals surface area (Å²) < 4.78 is 36.0. The number of alkyl halides is 3. The van der Waals surface area contributed by atoms with E-state index in [9.17, 15) is 13.2 Å². The molecular weight excluding hydrogens is 217 g/mol. The topological polar surface area (TPSA) is 38.9 Å². The van der Waals surface area contributed by atoms with E-state index < -0.39 is 16.9 Å². The van der Waals surface area contributed by atoms with Gasteiger partial charge in [0.15, 0.2) is 0 Å². The molecule has 0 atom stereocenters. The van der Waals surface area contributed by atoms with Crippen LogP contribution in [-0.4, -0.2) is 4.98 Å². The lowest BCUT2D eigenvalue weighted by Crippen LogP contribution is -2.07. The molecule has 1 aromatic rings. The van der Waals surface area contributed by atoms with Gasteiger partial charge in [-0.1, -0.05) is 25.4 Å². The summed E-state index contributed by atoms with van der Waals surface area (Å²) in [5.74, 6) is -0.0343. The lowest BCUT2D eigenvalue weighted by molar-refractivity contribution is -0.137. The first-order chi connectivity index (χ1) is 6.41. The van der Waals surface area contributed by atoms with E-state index in [1.54, 1.807) is 0 Å². The minimum absolute atomic E-state index is 0.0343. The van der Waals surface area contributed by atoms with Gasteiger partial charge in [-0.2, -0.15) is 13.2 Å². The van der Waals surface area contributed by atoms with Crippen molar-refractivity contribution in [3.8, 4) is 0 Å². The van der Waals surface area contributed by atoms with Gasteiger partial charge in [-0.05, 0) is 12.1 Å². The summed E-state index contributed by atoms with van der Waals surface area (Å²) >= 11 is 5.20. The van der Waals surface area contributed by atoms with Gasteiger partial charge in [-0.25, -0.2) is 4.98 Å². The number of hydrogen-bond donors (Lipinski definition) is 1. The molecule has 2 nitrogen and oxygen atoms in total. The molecule has 0 aliphatic heterocycles. The van der Waals surface area contributed by atoms with E-state index in [2.05, 4.69) is 4.98 Å². The Morgan fingerprint density at radius 2 is 1.79 bits per heavy atom. The van der Waals surface area contributed by atoms with Crippen LogP contribution in [0.5, 0.6) is 0 Å². The Morgan fingerprint density at radius 1 is 1.29 bits per heavy atom. The summed E-state index contributed by atoms with van der Waals surface area (Å²) in [6.07, 6.45) is -4.47. The molecule has 0 spiro atoms. The van der Waals surface area contributed by atoms with Gasteiger partial charge in [-0.3, -0.25) is 0 Å². The molecule has 0 saturated heterocycles. The van der Waals surface area contributed by atoms with Crippen LogP contribution in [0.25, 0.3) is 0 Å². The second-order valence-electron chi connectivity index (χ2n) is 2.07. The Balaban J connectivity index is 0.000000791. The fourth-order valence-electron chi connectivity index (χ4n) is 0.660. The van der Waals surface area contributed by atoms with E-state index in [0.29, 0.717) is 0 Å². The number of pyridine rings is 1. The van der Waals surface area contributed by atoms with Gasteiger partial charge in [-0.15, -0.1) is 0 Å². The average molecular weight is 227 g/mol. The minimum Gasteiger partial charge on any atom is -0.384 e. The number of nitrogens with two attached hydrogens (primary N) is 1. The number of anilines is 1. The standard InChI is InChI=1S/C6H4ClF3N2.C2H6/c7-5-3(6(8,9)10)1-2-4(11)12-5;1-2/h1-2H,(H2,11,12);1-2H3. The zero-order valence-electron chi connectivity index (χ0n) is 7.69. The van der Waals surface area contributed by atoms with Crippen LogP contribution in [0.4, 0.5) is 19.0 Å². The average Bonchev–Trinajstić information content (AvgIpc) is 2.05. The molecule has 0 amide bonds. The van der Waals surface area contributed by atoms with Crippen molar-refractivity contribution in [2.75, 3.05) is 5.73 Å². The fourth-order valence-corrected chi connectivity index (χ4v) is 0.927. The molecule has 80 valence electrons. The van der Waals surface area contributed by atoms with Crippen molar-refractivity contribution in [3.63, 3.8) is 0 Å². The molecule has 0 aliphatic rings. The van der Waals surface area contributed by atoms with Gasteiger partial charge >= 0.3 is 6.18 Å². The maximum Gasteiger partial charge on any atom is 0.419 e. The summed E-state index contributed by atoms with van der Waals surface area (Å²) in [5, 5.41) is -0.623. The molecule has 0 aliphatic carbocycles. The van der Waals surface area contributed by atoms with Crippen LogP contribution in [0.15, 0.2) is 12.1 Å². The number of nitrogens with zero attached hydrogens (tertiary/aromatic N) is 1. The Morgan fingerprint density at radius 3 is 2.14 bits per heavy atom. The largest absolute Gasteiger partial charge is 0.419 e. The van der Waals surface area contributed by atoms with Crippen LogP contribution >= 0.6 is 11.6 Å². The smallest absolute Gasteiger partial charge is 0.384 e. The number of halogens is 4. The Kier molecular flexibility index (Phi) is 4.70. The van der Waals surface area contributed by atoms with Gasteiger partial charge < -0.3 is 5.73 Å². The summed E-state index contributed by atoms with van der Waals surface area (Å²) in [6, 6.07) is 1.85. The van der Waals surface area contributed by atoms with Crippen LogP contribution in [0.1, 0.15) is 19.4 Å². The molecule has 1 aromatic heterocycles.